The van der Waals surface area contributed by atoms with Gasteiger partial charge in [0, 0.05) is 22.4 Å². The highest BCUT2D eigenvalue weighted by molar-refractivity contribution is 5.99. The quantitative estimate of drug-likeness (QED) is 0.176. The molecule has 0 aromatic heterocycles. The molecule has 0 saturated carbocycles. The number of fused-ring (bicyclic) bond motifs is 3. The molecule has 0 unspecified atom stereocenters. The number of nitrogens with one attached hydrogen (secondary N) is 1. The van der Waals surface area contributed by atoms with Crippen LogP contribution in [-0.4, -0.2) is 0 Å². The standard InChI is InChI=1S/C61H67N/c1-57(2,3)44-31-40(42-33-45(58(4,5)6)37-46(34-42)59(7,8)9)30-41(32-44)43-35-47(60(10,11)12)38-48(36-43)62-54-29-28-52-50-25-20-21-27-53(50)61(13,14)56(52)55(54)51-26-19-18-24-49(51)39-22-16-15-17-23-39/h15-38,62H,1-14H3. The Labute approximate surface area is 373 Å². The molecule has 0 atom stereocenters. The lowest BCUT2D eigenvalue weighted by molar-refractivity contribution is 0.569. The van der Waals surface area contributed by atoms with Crippen molar-refractivity contribution in [3.8, 4) is 55.6 Å². The van der Waals surface area contributed by atoms with Gasteiger partial charge in [0.1, 0.15) is 0 Å². The lowest BCUT2D eigenvalue weighted by Crippen LogP contribution is -2.17. The van der Waals surface area contributed by atoms with E-state index >= 15 is 0 Å². The fraction of sp³-hybridized carbons (Fsp3) is 0.311. The lowest BCUT2D eigenvalue weighted by atomic mass is 9.77. The van der Waals surface area contributed by atoms with Crippen LogP contribution >= 0.6 is 0 Å². The van der Waals surface area contributed by atoms with Crippen LogP contribution in [0.15, 0.2) is 146 Å². The van der Waals surface area contributed by atoms with Gasteiger partial charge in [-0.2, -0.15) is 0 Å². The molecule has 1 nitrogen and oxygen atoms in total. The van der Waals surface area contributed by atoms with Gasteiger partial charge in [-0.05, 0) is 129 Å². The van der Waals surface area contributed by atoms with Gasteiger partial charge in [0.15, 0.2) is 0 Å². The molecule has 8 rings (SSSR count). The molecule has 7 aromatic carbocycles. The molecular formula is C61H67N. The third-order valence-corrected chi connectivity index (χ3v) is 13.2. The van der Waals surface area contributed by atoms with E-state index in [1.807, 2.05) is 0 Å². The van der Waals surface area contributed by atoms with Crippen LogP contribution in [-0.2, 0) is 27.1 Å². The van der Waals surface area contributed by atoms with E-state index in [0.717, 1.165) is 11.4 Å². The molecule has 0 radical (unpaired) electrons. The fourth-order valence-electron chi connectivity index (χ4n) is 9.34. The van der Waals surface area contributed by atoms with Crippen molar-refractivity contribution in [2.75, 3.05) is 5.32 Å². The van der Waals surface area contributed by atoms with Crippen LogP contribution in [0.5, 0.6) is 0 Å². The van der Waals surface area contributed by atoms with E-state index in [2.05, 4.69) is 248 Å². The average molecular weight is 814 g/mol. The van der Waals surface area contributed by atoms with E-state index in [1.165, 1.54) is 89.0 Å². The van der Waals surface area contributed by atoms with E-state index in [4.69, 9.17) is 0 Å². The molecule has 0 heterocycles. The SMILES string of the molecule is CC(C)(C)c1cc(Nc2ccc3c(c2-c2ccccc2-c2ccccc2)C(C)(C)c2ccccc2-3)cc(-c2cc(-c3cc(C(C)(C)C)cc(C(C)(C)C)c3)cc(C(C)(C)C)c2)c1. The zero-order valence-electron chi connectivity index (χ0n) is 39.9. The molecule has 0 fully saturated rings. The first-order chi connectivity index (χ1) is 29.0. The Bertz CT molecular complexity index is 2770. The van der Waals surface area contributed by atoms with Crippen LogP contribution in [0.25, 0.3) is 55.6 Å². The summed E-state index contributed by atoms with van der Waals surface area (Å²) in [5, 5.41) is 4.11. The minimum Gasteiger partial charge on any atom is -0.355 e. The van der Waals surface area contributed by atoms with Crippen molar-refractivity contribution in [1.29, 1.82) is 0 Å². The second-order valence-corrected chi connectivity index (χ2v) is 22.5. The largest absolute Gasteiger partial charge is 0.355 e. The van der Waals surface area contributed by atoms with Gasteiger partial charge in [-0.3, -0.25) is 0 Å². The summed E-state index contributed by atoms with van der Waals surface area (Å²) in [5.41, 5.74) is 22.6. The smallest absolute Gasteiger partial charge is 0.0467 e. The van der Waals surface area contributed by atoms with Gasteiger partial charge in [-0.25, -0.2) is 0 Å². The molecule has 62 heavy (non-hydrogen) atoms. The van der Waals surface area contributed by atoms with Gasteiger partial charge in [0.05, 0.1) is 0 Å². The Kier molecular flexibility index (Phi) is 10.6. The maximum atomic E-state index is 4.11. The second-order valence-electron chi connectivity index (χ2n) is 22.5. The first kappa shape index (κ1) is 43.0. The summed E-state index contributed by atoms with van der Waals surface area (Å²) in [6.07, 6.45) is 0. The number of hydrogen-bond acceptors (Lipinski definition) is 1. The normalized spacial score (nSPS) is 13.8. The Balaban J connectivity index is 1.35. The van der Waals surface area contributed by atoms with Crippen LogP contribution in [0.3, 0.4) is 0 Å². The Morgan fingerprint density at radius 2 is 0.790 bits per heavy atom. The van der Waals surface area contributed by atoms with Gasteiger partial charge < -0.3 is 5.32 Å². The van der Waals surface area contributed by atoms with E-state index in [1.54, 1.807) is 0 Å². The molecule has 0 aliphatic heterocycles. The molecule has 1 heteroatoms. The maximum Gasteiger partial charge on any atom is 0.0467 e. The molecule has 1 aliphatic carbocycles. The van der Waals surface area contributed by atoms with Crippen LogP contribution < -0.4 is 5.32 Å². The summed E-state index contributed by atoms with van der Waals surface area (Å²) >= 11 is 0. The average Bonchev–Trinajstić information content (AvgIpc) is 3.45. The van der Waals surface area contributed by atoms with E-state index in [-0.39, 0.29) is 27.1 Å². The molecule has 0 spiro atoms. The highest BCUT2D eigenvalue weighted by Crippen LogP contribution is 2.55. The lowest BCUT2D eigenvalue weighted by Gasteiger charge is -2.28. The Morgan fingerprint density at radius 3 is 1.34 bits per heavy atom. The molecular weight excluding hydrogens is 747 g/mol. The van der Waals surface area contributed by atoms with Crippen molar-refractivity contribution in [1.82, 2.24) is 0 Å². The zero-order chi connectivity index (χ0) is 44.6. The van der Waals surface area contributed by atoms with Crippen LogP contribution in [0.4, 0.5) is 11.4 Å². The predicted octanol–water partition coefficient (Wildman–Crippen LogP) is 17.6. The minimum absolute atomic E-state index is 0.0259. The van der Waals surface area contributed by atoms with Crippen molar-refractivity contribution in [2.45, 2.75) is 124 Å². The summed E-state index contributed by atoms with van der Waals surface area (Å²) in [7, 11) is 0. The third kappa shape index (κ3) is 8.20. The van der Waals surface area contributed by atoms with Crippen molar-refractivity contribution in [3.05, 3.63) is 179 Å². The van der Waals surface area contributed by atoms with Gasteiger partial charge in [-0.15, -0.1) is 0 Å². The van der Waals surface area contributed by atoms with Crippen LogP contribution in [0.2, 0.25) is 0 Å². The molecule has 0 amide bonds. The summed E-state index contributed by atoms with van der Waals surface area (Å²) in [6, 6.07) is 55.3. The number of hydrogen-bond donors (Lipinski definition) is 1. The van der Waals surface area contributed by atoms with Crippen molar-refractivity contribution >= 4 is 11.4 Å². The monoisotopic (exact) mass is 814 g/mol. The van der Waals surface area contributed by atoms with Crippen molar-refractivity contribution in [3.63, 3.8) is 0 Å². The van der Waals surface area contributed by atoms with Crippen LogP contribution in [0, 0.1) is 0 Å². The molecule has 7 aromatic rings. The maximum absolute atomic E-state index is 4.11. The molecule has 0 saturated heterocycles. The van der Waals surface area contributed by atoms with Crippen molar-refractivity contribution in [2.24, 2.45) is 0 Å². The summed E-state index contributed by atoms with van der Waals surface area (Å²) in [6.45, 7) is 32.8. The van der Waals surface area contributed by atoms with E-state index in [9.17, 15) is 0 Å². The molecule has 316 valence electrons. The van der Waals surface area contributed by atoms with Crippen LogP contribution in [0.1, 0.15) is 130 Å². The molecule has 1 aliphatic rings. The number of benzene rings is 7. The number of anilines is 2. The summed E-state index contributed by atoms with van der Waals surface area (Å²) < 4.78 is 0. The third-order valence-electron chi connectivity index (χ3n) is 13.2. The topological polar surface area (TPSA) is 12.0 Å². The fourth-order valence-corrected chi connectivity index (χ4v) is 9.34. The Morgan fingerprint density at radius 1 is 0.355 bits per heavy atom. The van der Waals surface area contributed by atoms with Gasteiger partial charge in [0.25, 0.3) is 0 Å². The predicted molar refractivity (Wildman–Crippen MR) is 270 cm³/mol. The summed E-state index contributed by atoms with van der Waals surface area (Å²) in [4.78, 5) is 0. The summed E-state index contributed by atoms with van der Waals surface area (Å²) in [5.74, 6) is 0. The number of rotatable bonds is 6. The van der Waals surface area contributed by atoms with E-state index in [0.29, 0.717) is 0 Å². The first-order valence-corrected chi connectivity index (χ1v) is 22.7. The first-order valence-electron chi connectivity index (χ1n) is 22.7. The second kappa shape index (κ2) is 15.3. The highest BCUT2D eigenvalue weighted by Gasteiger charge is 2.39. The molecule has 1 N–H and O–H groups in total. The van der Waals surface area contributed by atoms with Gasteiger partial charge in [-0.1, -0.05) is 218 Å². The highest BCUT2D eigenvalue weighted by atomic mass is 14.9. The molecule has 0 bridgehead atoms. The van der Waals surface area contributed by atoms with E-state index < -0.39 is 0 Å². The zero-order valence-corrected chi connectivity index (χ0v) is 39.9. The van der Waals surface area contributed by atoms with Crippen molar-refractivity contribution < 1.29 is 0 Å². The minimum atomic E-state index is -0.206. The van der Waals surface area contributed by atoms with Gasteiger partial charge >= 0.3 is 0 Å². The van der Waals surface area contributed by atoms with Gasteiger partial charge in [0.2, 0.25) is 0 Å². The Hall–Kier alpha value is -5.66.